The minimum Gasteiger partial charge on any atom is -0.379 e. The highest BCUT2D eigenvalue weighted by Gasteiger charge is 2.36. The van der Waals surface area contributed by atoms with Crippen LogP contribution in [0.4, 0.5) is 0 Å². The molecule has 2 aliphatic rings. The van der Waals surface area contributed by atoms with Gasteiger partial charge in [-0.05, 0) is 19.3 Å². The lowest BCUT2D eigenvalue weighted by atomic mass is 10.1. The summed E-state index contributed by atoms with van der Waals surface area (Å²) in [6.07, 6.45) is 3.12. The van der Waals surface area contributed by atoms with Crippen LogP contribution in [0.1, 0.15) is 33.1 Å². The molecule has 0 aromatic carbocycles. The largest absolute Gasteiger partial charge is 0.379 e. The van der Waals surface area contributed by atoms with Crippen LogP contribution in [-0.4, -0.2) is 48.7 Å². The summed E-state index contributed by atoms with van der Waals surface area (Å²) in [5, 5.41) is 3.33. The third kappa shape index (κ3) is 2.55. The van der Waals surface area contributed by atoms with Gasteiger partial charge in [0.25, 0.3) is 0 Å². The fraction of sp³-hybridized carbons (Fsp3) is 0.917. The first-order valence-corrected chi connectivity index (χ1v) is 6.32. The molecule has 2 aliphatic heterocycles. The Labute approximate surface area is 97.3 Å². The van der Waals surface area contributed by atoms with E-state index < -0.39 is 0 Å². The van der Waals surface area contributed by atoms with Crippen molar-refractivity contribution in [3.05, 3.63) is 0 Å². The summed E-state index contributed by atoms with van der Waals surface area (Å²) in [6, 6.07) is 0.721. The van der Waals surface area contributed by atoms with Crippen molar-refractivity contribution < 1.29 is 9.53 Å². The molecule has 1 amide bonds. The minimum atomic E-state index is 0.0296. The number of likely N-dealkylation sites (tertiary alicyclic amines) is 1. The summed E-state index contributed by atoms with van der Waals surface area (Å²) in [5.41, 5.74) is 0. The number of rotatable bonds is 3. The van der Waals surface area contributed by atoms with E-state index in [4.69, 9.17) is 4.74 Å². The molecular formula is C12H22N2O2. The lowest BCUT2D eigenvalue weighted by Crippen LogP contribution is -2.47. The molecule has 2 saturated heterocycles. The van der Waals surface area contributed by atoms with Gasteiger partial charge >= 0.3 is 0 Å². The van der Waals surface area contributed by atoms with E-state index in [0.29, 0.717) is 12.1 Å². The summed E-state index contributed by atoms with van der Waals surface area (Å²) < 4.78 is 5.44. The van der Waals surface area contributed by atoms with Crippen LogP contribution in [0.5, 0.6) is 0 Å². The van der Waals surface area contributed by atoms with Crippen molar-refractivity contribution in [2.75, 3.05) is 19.8 Å². The van der Waals surface area contributed by atoms with Gasteiger partial charge in [-0.3, -0.25) is 4.79 Å². The quantitative estimate of drug-likeness (QED) is 0.772. The fourth-order valence-corrected chi connectivity index (χ4v) is 2.59. The summed E-state index contributed by atoms with van der Waals surface area (Å²) in [7, 11) is 0. The second kappa shape index (κ2) is 5.15. The van der Waals surface area contributed by atoms with Gasteiger partial charge in [0.15, 0.2) is 0 Å². The number of carbonyl (C=O) groups is 1. The molecule has 2 unspecified atom stereocenters. The maximum atomic E-state index is 12.1. The van der Waals surface area contributed by atoms with Gasteiger partial charge in [-0.2, -0.15) is 0 Å². The molecule has 0 aromatic heterocycles. The summed E-state index contributed by atoms with van der Waals surface area (Å²) >= 11 is 0. The molecule has 0 aliphatic carbocycles. The molecule has 92 valence electrons. The van der Waals surface area contributed by atoms with Crippen LogP contribution < -0.4 is 5.32 Å². The van der Waals surface area contributed by atoms with Crippen LogP contribution in [-0.2, 0) is 9.53 Å². The van der Waals surface area contributed by atoms with Crippen LogP contribution in [0.2, 0.25) is 0 Å². The molecule has 0 spiro atoms. The predicted molar refractivity (Wildman–Crippen MR) is 62.2 cm³/mol. The zero-order valence-corrected chi connectivity index (χ0v) is 10.2. The Kier molecular flexibility index (Phi) is 3.82. The van der Waals surface area contributed by atoms with Gasteiger partial charge in [0.1, 0.15) is 0 Å². The van der Waals surface area contributed by atoms with Gasteiger partial charge in [-0.25, -0.2) is 0 Å². The van der Waals surface area contributed by atoms with Crippen molar-refractivity contribution in [2.24, 2.45) is 0 Å². The second-order valence-corrected chi connectivity index (χ2v) is 5.07. The first-order valence-electron chi connectivity index (χ1n) is 6.32. The van der Waals surface area contributed by atoms with Gasteiger partial charge in [0.2, 0.25) is 5.91 Å². The molecule has 2 fully saturated rings. The smallest absolute Gasteiger partial charge is 0.240 e. The highest BCUT2D eigenvalue weighted by Crippen LogP contribution is 2.20. The van der Waals surface area contributed by atoms with Gasteiger partial charge in [-0.1, -0.05) is 13.8 Å². The zero-order valence-electron chi connectivity index (χ0n) is 10.2. The van der Waals surface area contributed by atoms with E-state index in [2.05, 4.69) is 19.2 Å². The Morgan fingerprint density at radius 2 is 2.25 bits per heavy atom. The van der Waals surface area contributed by atoms with E-state index in [0.717, 1.165) is 39.0 Å². The van der Waals surface area contributed by atoms with Gasteiger partial charge < -0.3 is 15.0 Å². The lowest BCUT2D eigenvalue weighted by Gasteiger charge is -2.31. The van der Waals surface area contributed by atoms with E-state index in [9.17, 15) is 4.79 Å². The topological polar surface area (TPSA) is 41.6 Å². The Bertz CT molecular complexity index is 249. The second-order valence-electron chi connectivity index (χ2n) is 5.07. The molecule has 0 saturated carbocycles. The fourth-order valence-electron chi connectivity index (χ4n) is 2.59. The van der Waals surface area contributed by atoms with Crippen molar-refractivity contribution in [1.29, 1.82) is 0 Å². The Morgan fingerprint density at radius 3 is 2.88 bits per heavy atom. The summed E-state index contributed by atoms with van der Waals surface area (Å²) in [4.78, 5) is 14.2. The molecule has 1 N–H and O–H groups in total. The van der Waals surface area contributed by atoms with Crippen molar-refractivity contribution >= 4 is 5.91 Å². The van der Waals surface area contributed by atoms with E-state index in [1.54, 1.807) is 0 Å². The van der Waals surface area contributed by atoms with Crippen LogP contribution in [0.3, 0.4) is 0 Å². The van der Waals surface area contributed by atoms with Crippen LogP contribution in [0.15, 0.2) is 0 Å². The van der Waals surface area contributed by atoms with Crippen LogP contribution in [0.25, 0.3) is 0 Å². The lowest BCUT2D eigenvalue weighted by molar-refractivity contribution is -0.133. The first-order chi connectivity index (χ1) is 7.68. The Morgan fingerprint density at radius 1 is 1.44 bits per heavy atom. The minimum absolute atomic E-state index is 0.0296. The average Bonchev–Trinajstić information content (AvgIpc) is 2.61. The van der Waals surface area contributed by atoms with Gasteiger partial charge in [0.05, 0.1) is 18.7 Å². The van der Waals surface area contributed by atoms with Crippen molar-refractivity contribution in [3.63, 3.8) is 0 Å². The van der Waals surface area contributed by atoms with Crippen molar-refractivity contribution in [2.45, 2.75) is 51.2 Å². The van der Waals surface area contributed by atoms with Crippen molar-refractivity contribution in [1.82, 2.24) is 10.2 Å². The molecule has 2 atom stereocenters. The number of nitrogens with one attached hydrogen (secondary N) is 1. The van der Waals surface area contributed by atoms with Gasteiger partial charge in [0, 0.05) is 19.2 Å². The third-order valence-corrected chi connectivity index (χ3v) is 3.35. The first kappa shape index (κ1) is 11.9. The van der Waals surface area contributed by atoms with E-state index >= 15 is 0 Å². The average molecular weight is 226 g/mol. The highest BCUT2D eigenvalue weighted by molar-refractivity contribution is 5.84. The molecular weight excluding hydrogens is 204 g/mol. The van der Waals surface area contributed by atoms with E-state index in [-0.39, 0.29) is 11.9 Å². The molecule has 16 heavy (non-hydrogen) atoms. The summed E-state index contributed by atoms with van der Waals surface area (Å²) in [5.74, 6) is 0.268. The maximum Gasteiger partial charge on any atom is 0.240 e. The third-order valence-electron chi connectivity index (χ3n) is 3.35. The Balaban J connectivity index is 1.90. The standard InChI is InChI=1S/C12H22N2O2/c1-9(2)13-11-5-6-14(12(11)15)10-4-3-7-16-8-10/h9-11,13H,3-8H2,1-2H3. The number of hydrogen-bond donors (Lipinski definition) is 1. The number of ether oxygens (including phenoxy) is 1. The summed E-state index contributed by atoms with van der Waals surface area (Å²) in [6.45, 7) is 6.63. The number of amides is 1. The molecule has 2 heterocycles. The molecule has 0 radical (unpaired) electrons. The highest BCUT2D eigenvalue weighted by atomic mass is 16.5. The molecule has 4 heteroatoms. The number of nitrogens with zero attached hydrogens (tertiary/aromatic N) is 1. The van der Waals surface area contributed by atoms with E-state index in [1.807, 2.05) is 4.90 Å². The number of carbonyl (C=O) groups excluding carboxylic acids is 1. The molecule has 0 aromatic rings. The van der Waals surface area contributed by atoms with Crippen molar-refractivity contribution in [3.8, 4) is 0 Å². The molecule has 2 rings (SSSR count). The monoisotopic (exact) mass is 226 g/mol. The number of hydrogen-bond acceptors (Lipinski definition) is 3. The van der Waals surface area contributed by atoms with E-state index in [1.165, 1.54) is 0 Å². The zero-order chi connectivity index (χ0) is 11.5. The van der Waals surface area contributed by atoms with Crippen LogP contribution >= 0.6 is 0 Å². The molecule has 0 bridgehead atoms. The SMILES string of the molecule is CC(C)NC1CCN(C2CCCOC2)C1=O. The Hall–Kier alpha value is -0.610. The van der Waals surface area contributed by atoms with Crippen LogP contribution in [0, 0.1) is 0 Å². The maximum absolute atomic E-state index is 12.1. The van der Waals surface area contributed by atoms with Gasteiger partial charge in [-0.15, -0.1) is 0 Å². The normalized spacial score (nSPS) is 31.4. The predicted octanol–water partition coefficient (Wildman–Crippen LogP) is 0.764. The molecule has 4 nitrogen and oxygen atoms in total.